The molecule has 6 heteroatoms. The van der Waals surface area contributed by atoms with Gasteiger partial charge in [0.2, 0.25) is 0 Å². The quantitative estimate of drug-likeness (QED) is 0.533. The zero-order valence-corrected chi connectivity index (χ0v) is 16.0. The molecule has 3 atom stereocenters. The maximum Gasteiger partial charge on any atom is 0.321 e. The van der Waals surface area contributed by atoms with Crippen molar-refractivity contribution in [1.82, 2.24) is 14.9 Å². The molecule has 0 unspecified atom stereocenters. The topological polar surface area (TPSA) is 78.4 Å². The summed E-state index contributed by atoms with van der Waals surface area (Å²) in [5, 5.41) is 11.3. The van der Waals surface area contributed by atoms with Crippen molar-refractivity contribution < 1.29 is 14.6 Å². The molecule has 0 bridgehead atoms. The maximum absolute atomic E-state index is 12.4. The van der Waals surface area contributed by atoms with E-state index < -0.39 is 18.2 Å². The van der Waals surface area contributed by atoms with Crippen LogP contribution >= 0.6 is 0 Å². The molecule has 2 aliphatic heterocycles. The first-order valence-corrected chi connectivity index (χ1v) is 9.97. The van der Waals surface area contributed by atoms with Crippen LogP contribution in [-0.2, 0) is 11.2 Å². The van der Waals surface area contributed by atoms with E-state index in [2.05, 4.69) is 16.0 Å². The van der Waals surface area contributed by atoms with E-state index in [1.54, 1.807) is 12.4 Å². The number of fused-ring (bicyclic) bond motifs is 7. The summed E-state index contributed by atoms with van der Waals surface area (Å²) < 4.78 is 6.38. The van der Waals surface area contributed by atoms with Crippen LogP contribution in [0.25, 0.3) is 10.9 Å². The average molecular weight is 397 g/mol. The minimum Gasteiger partial charge on any atom is -0.480 e. The Labute approximate surface area is 172 Å². The van der Waals surface area contributed by atoms with Crippen molar-refractivity contribution in [2.75, 3.05) is 0 Å². The van der Waals surface area contributed by atoms with Crippen molar-refractivity contribution in [3.8, 4) is 5.75 Å². The van der Waals surface area contributed by atoms with Crippen molar-refractivity contribution in [2.45, 2.75) is 24.7 Å². The first kappa shape index (κ1) is 17.2. The second kappa shape index (κ2) is 6.43. The summed E-state index contributed by atoms with van der Waals surface area (Å²) in [4.78, 5) is 22.1. The molecule has 0 saturated heterocycles. The number of hydrogen-bond donors (Lipinski definition) is 2. The number of H-pyrrole nitrogens is 1. The van der Waals surface area contributed by atoms with Crippen LogP contribution in [0.5, 0.6) is 5.75 Å². The molecule has 4 aromatic rings. The highest BCUT2D eigenvalue weighted by Gasteiger charge is 2.48. The Hall–Kier alpha value is -3.64. The number of para-hydroxylation sites is 2. The number of carboxylic acids is 1. The average Bonchev–Trinajstić information content (AvgIpc) is 3.17. The third kappa shape index (κ3) is 2.40. The summed E-state index contributed by atoms with van der Waals surface area (Å²) >= 11 is 0. The third-order valence-electron chi connectivity index (χ3n) is 6.17. The lowest BCUT2D eigenvalue weighted by Gasteiger charge is -2.48. The number of pyridine rings is 1. The number of rotatable bonds is 2. The number of aromatic nitrogens is 2. The SMILES string of the molecule is O=C(O)[C@H]1Cc2c([nH]c3ccccc23)[C@@H]2c3ccccc3O[C@@H](c3ccncc3)N21. The predicted octanol–water partition coefficient (Wildman–Crippen LogP) is 4.05. The van der Waals surface area contributed by atoms with Crippen LogP contribution in [0.1, 0.15) is 34.7 Å². The van der Waals surface area contributed by atoms with Gasteiger partial charge in [0.05, 0.1) is 6.04 Å². The molecule has 148 valence electrons. The number of benzene rings is 2. The Kier molecular flexibility index (Phi) is 3.70. The molecule has 30 heavy (non-hydrogen) atoms. The normalized spacial score (nSPS) is 22.6. The molecule has 2 aromatic carbocycles. The van der Waals surface area contributed by atoms with Crippen molar-refractivity contribution in [3.05, 3.63) is 95.4 Å². The highest BCUT2D eigenvalue weighted by Crippen LogP contribution is 2.50. The molecule has 2 aliphatic rings. The van der Waals surface area contributed by atoms with Crippen molar-refractivity contribution >= 4 is 16.9 Å². The summed E-state index contributed by atoms with van der Waals surface area (Å²) in [7, 11) is 0. The number of carbonyl (C=O) groups is 1. The molecule has 2 aromatic heterocycles. The summed E-state index contributed by atoms with van der Waals surface area (Å²) in [5.74, 6) is -0.0748. The molecule has 6 rings (SSSR count). The van der Waals surface area contributed by atoms with Gasteiger partial charge in [0.15, 0.2) is 6.23 Å². The Bertz CT molecular complexity index is 1270. The number of aliphatic carboxylic acids is 1. The summed E-state index contributed by atoms with van der Waals surface area (Å²) in [5.41, 5.74) is 5.00. The van der Waals surface area contributed by atoms with E-state index >= 15 is 0 Å². The van der Waals surface area contributed by atoms with Crippen molar-refractivity contribution in [2.24, 2.45) is 0 Å². The molecule has 2 N–H and O–H groups in total. The van der Waals surface area contributed by atoms with Gasteiger partial charge in [-0.25, -0.2) is 4.90 Å². The van der Waals surface area contributed by atoms with Gasteiger partial charge in [-0.15, -0.1) is 0 Å². The molecule has 0 amide bonds. The van der Waals surface area contributed by atoms with Gasteiger partial charge in [0, 0.05) is 46.5 Å². The van der Waals surface area contributed by atoms with Gasteiger partial charge in [-0.05, 0) is 29.8 Å². The lowest BCUT2D eigenvalue weighted by atomic mass is 9.85. The molecule has 0 spiro atoms. The van der Waals surface area contributed by atoms with Crippen molar-refractivity contribution in [3.63, 3.8) is 0 Å². The van der Waals surface area contributed by atoms with Crippen LogP contribution in [0.4, 0.5) is 0 Å². The first-order valence-electron chi connectivity index (χ1n) is 9.97. The number of carboxylic acid groups (broad SMARTS) is 1. The molecule has 0 aliphatic carbocycles. The lowest BCUT2D eigenvalue weighted by Crippen LogP contribution is -2.53. The van der Waals surface area contributed by atoms with Crippen LogP contribution in [0.3, 0.4) is 0 Å². The smallest absolute Gasteiger partial charge is 0.321 e. The standard InChI is InChI=1S/C24H19N3O3/c28-24(29)19-13-17-15-5-1-3-7-18(15)26-21(17)22-16-6-2-4-8-20(16)30-23(27(19)22)14-9-11-25-12-10-14/h1-12,19,22-23,26H,13H2,(H,28,29)/t19-,22+,23+/m1/s1. The van der Waals surface area contributed by atoms with Gasteiger partial charge >= 0.3 is 5.97 Å². The van der Waals surface area contributed by atoms with E-state index in [4.69, 9.17) is 4.74 Å². The Morgan fingerprint density at radius 3 is 2.67 bits per heavy atom. The van der Waals surface area contributed by atoms with Gasteiger partial charge in [-0.2, -0.15) is 0 Å². The van der Waals surface area contributed by atoms with Gasteiger partial charge in [-0.3, -0.25) is 9.78 Å². The molecule has 4 heterocycles. The fourth-order valence-corrected chi connectivity index (χ4v) is 4.89. The van der Waals surface area contributed by atoms with E-state index in [9.17, 15) is 9.90 Å². The molecular weight excluding hydrogens is 378 g/mol. The Morgan fingerprint density at radius 1 is 1.07 bits per heavy atom. The fourth-order valence-electron chi connectivity index (χ4n) is 4.89. The third-order valence-corrected chi connectivity index (χ3v) is 6.17. The summed E-state index contributed by atoms with van der Waals surface area (Å²) in [6, 6.07) is 18.8. The maximum atomic E-state index is 12.4. The van der Waals surface area contributed by atoms with E-state index in [0.717, 1.165) is 39.0 Å². The largest absolute Gasteiger partial charge is 0.480 e. The van der Waals surface area contributed by atoms with Gasteiger partial charge in [0.1, 0.15) is 11.8 Å². The van der Waals surface area contributed by atoms with E-state index in [-0.39, 0.29) is 6.04 Å². The van der Waals surface area contributed by atoms with E-state index in [1.807, 2.05) is 59.5 Å². The second-order valence-electron chi connectivity index (χ2n) is 7.76. The number of nitrogens with one attached hydrogen (secondary N) is 1. The molecule has 6 nitrogen and oxygen atoms in total. The van der Waals surface area contributed by atoms with E-state index in [0.29, 0.717) is 6.42 Å². The van der Waals surface area contributed by atoms with Crippen LogP contribution in [0, 0.1) is 0 Å². The Balaban J connectivity index is 1.64. The highest BCUT2D eigenvalue weighted by atomic mass is 16.5. The van der Waals surface area contributed by atoms with Gasteiger partial charge in [0.25, 0.3) is 0 Å². The molecule has 0 radical (unpaired) electrons. The number of aromatic amines is 1. The predicted molar refractivity (Wildman–Crippen MR) is 111 cm³/mol. The van der Waals surface area contributed by atoms with Crippen molar-refractivity contribution in [1.29, 1.82) is 0 Å². The summed E-state index contributed by atoms with van der Waals surface area (Å²) in [6.07, 6.45) is 3.32. The van der Waals surface area contributed by atoms with Crippen LogP contribution < -0.4 is 4.74 Å². The number of ether oxygens (including phenoxy) is 1. The number of nitrogens with zero attached hydrogens (tertiary/aromatic N) is 2. The summed E-state index contributed by atoms with van der Waals surface area (Å²) in [6.45, 7) is 0. The van der Waals surface area contributed by atoms with Crippen LogP contribution in [0.15, 0.2) is 73.1 Å². The minimum absolute atomic E-state index is 0.245. The molecular formula is C24H19N3O3. The zero-order chi connectivity index (χ0) is 20.2. The second-order valence-corrected chi connectivity index (χ2v) is 7.76. The minimum atomic E-state index is -0.849. The molecule has 0 fully saturated rings. The van der Waals surface area contributed by atoms with Gasteiger partial charge < -0.3 is 14.8 Å². The van der Waals surface area contributed by atoms with Crippen LogP contribution in [-0.4, -0.2) is 32.0 Å². The lowest BCUT2D eigenvalue weighted by molar-refractivity contribution is -0.152. The van der Waals surface area contributed by atoms with E-state index in [1.165, 1.54) is 0 Å². The highest BCUT2D eigenvalue weighted by molar-refractivity contribution is 5.87. The van der Waals surface area contributed by atoms with Crippen LogP contribution in [0.2, 0.25) is 0 Å². The first-order chi connectivity index (χ1) is 14.7. The monoisotopic (exact) mass is 397 g/mol. The fraction of sp³-hybridized carbons (Fsp3) is 0.167. The molecule has 0 saturated carbocycles. The zero-order valence-electron chi connectivity index (χ0n) is 16.0. The number of hydrogen-bond acceptors (Lipinski definition) is 4. The Morgan fingerprint density at radius 2 is 1.83 bits per heavy atom. The van der Waals surface area contributed by atoms with Gasteiger partial charge in [-0.1, -0.05) is 36.4 Å².